The Bertz CT molecular complexity index is 797. The fourth-order valence-corrected chi connectivity index (χ4v) is 2.39. The second-order valence-corrected chi connectivity index (χ2v) is 5.86. The number of hydrogen-bond acceptors (Lipinski definition) is 4. The summed E-state index contributed by atoms with van der Waals surface area (Å²) in [6.07, 6.45) is 5.27. The molecule has 0 bridgehead atoms. The monoisotopic (exact) mass is 304 g/mol. The third-order valence-electron chi connectivity index (χ3n) is 3.76. The van der Waals surface area contributed by atoms with Crippen molar-refractivity contribution in [2.24, 2.45) is 0 Å². The van der Waals surface area contributed by atoms with E-state index in [0.29, 0.717) is 11.7 Å². The maximum absolute atomic E-state index is 4.57. The number of hydrogen-bond donors (Lipinski definition) is 1. The molecule has 23 heavy (non-hydrogen) atoms. The largest absolute Gasteiger partial charge is 0.340 e. The van der Waals surface area contributed by atoms with Crippen LogP contribution in [0.2, 0.25) is 0 Å². The van der Waals surface area contributed by atoms with E-state index in [-0.39, 0.29) is 0 Å². The number of nitrogens with one attached hydrogen (secondary N) is 1. The van der Waals surface area contributed by atoms with Gasteiger partial charge in [0.05, 0.1) is 0 Å². The Morgan fingerprint density at radius 2 is 1.91 bits per heavy atom. The predicted octanol–water partition coefficient (Wildman–Crippen LogP) is 4.71. The summed E-state index contributed by atoms with van der Waals surface area (Å²) in [5, 5.41) is 3.38. The molecule has 0 aliphatic carbocycles. The molecule has 0 saturated carbocycles. The first-order chi connectivity index (χ1) is 11.1. The minimum Gasteiger partial charge on any atom is -0.340 e. The lowest BCUT2D eigenvalue weighted by molar-refractivity contribution is 0.865. The van der Waals surface area contributed by atoms with Crippen molar-refractivity contribution in [2.45, 2.75) is 26.7 Å². The highest BCUT2D eigenvalue weighted by Crippen LogP contribution is 2.24. The Morgan fingerprint density at radius 3 is 2.61 bits per heavy atom. The maximum atomic E-state index is 4.57. The number of pyridine rings is 1. The normalized spacial score (nSPS) is 10.8. The lowest BCUT2D eigenvalue weighted by Crippen LogP contribution is -1.99. The SMILES string of the molecule is Cc1cc(C(C)C)ccc1Nc1ccnc(-c2cccnc2)n1. The molecule has 0 unspecified atom stereocenters. The summed E-state index contributed by atoms with van der Waals surface area (Å²) in [5.41, 5.74) is 4.51. The van der Waals surface area contributed by atoms with Gasteiger partial charge in [0, 0.05) is 29.8 Å². The Kier molecular flexibility index (Phi) is 4.33. The zero-order chi connectivity index (χ0) is 16.2. The topological polar surface area (TPSA) is 50.7 Å². The molecule has 0 fully saturated rings. The van der Waals surface area contributed by atoms with E-state index in [1.807, 2.05) is 18.2 Å². The van der Waals surface area contributed by atoms with Gasteiger partial charge in [0.15, 0.2) is 5.82 Å². The van der Waals surface area contributed by atoms with E-state index in [4.69, 9.17) is 0 Å². The molecule has 1 aromatic carbocycles. The third-order valence-corrected chi connectivity index (χ3v) is 3.76. The summed E-state index contributed by atoms with van der Waals surface area (Å²) in [6, 6.07) is 12.2. The summed E-state index contributed by atoms with van der Waals surface area (Å²) < 4.78 is 0. The highest BCUT2D eigenvalue weighted by Gasteiger charge is 2.06. The van der Waals surface area contributed by atoms with Crippen LogP contribution in [-0.2, 0) is 0 Å². The van der Waals surface area contributed by atoms with Gasteiger partial charge in [-0.3, -0.25) is 4.98 Å². The second-order valence-electron chi connectivity index (χ2n) is 5.86. The molecule has 0 saturated heterocycles. The first kappa shape index (κ1) is 15.2. The van der Waals surface area contributed by atoms with Crippen molar-refractivity contribution in [3.05, 3.63) is 66.1 Å². The predicted molar refractivity (Wildman–Crippen MR) is 93.8 cm³/mol. The van der Waals surface area contributed by atoms with Crippen LogP contribution in [0.1, 0.15) is 30.9 Å². The van der Waals surface area contributed by atoms with Crippen LogP contribution in [0, 0.1) is 6.92 Å². The first-order valence-electron chi connectivity index (χ1n) is 7.74. The molecule has 2 aromatic heterocycles. The minimum atomic E-state index is 0.527. The molecule has 4 heteroatoms. The van der Waals surface area contributed by atoms with Crippen LogP contribution >= 0.6 is 0 Å². The minimum absolute atomic E-state index is 0.527. The fraction of sp³-hybridized carbons (Fsp3) is 0.211. The Labute approximate surface area is 136 Å². The Balaban J connectivity index is 1.86. The molecule has 3 aromatic rings. The van der Waals surface area contributed by atoms with Crippen molar-refractivity contribution in [3.8, 4) is 11.4 Å². The van der Waals surface area contributed by atoms with Crippen molar-refractivity contribution in [1.29, 1.82) is 0 Å². The highest BCUT2D eigenvalue weighted by molar-refractivity contribution is 5.63. The molecule has 0 amide bonds. The van der Waals surface area contributed by atoms with E-state index < -0.39 is 0 Å². The van der Waals surface area contributed by atoms with E-state index in [1.165, 1.54) is 11.1 Å². The van der Waals surface area contributed by atoms with Gasteiger partial charge >= 0.3 is 0 Å². The zero-order valence-corrected chi connectivity index (χ0v) is 13.6. The van der Waals surface area contributed by atoms with Crippen LogP contribution in [0.3, 0.4) is 0 Å². The number of rotatable bonds is 4. The van der Waals surface area contributed by atoms with Gasteiger partial charge in [-0.05, 0) is 48.2 Å². The summed E-state index contributed by atoms with van der Waals surface area (Å²) in [5.74, 6) is 1.97. The van der Waals surface area contributed by atoms with Gasteiger partial charge in [-0.1, -0.05) is 26.0 Å². The van der Waals surface area contributed by atoms with Crippen molar-refractivity contribution in [3.63, 3.8) is 0 Å². The Hall–Kier alpha value is -2.75. The lowest BCUT2D eigenvalue weighted by atomic mass is 10.0. The molecular formula is C19H20N4. The van der Waals surface area contributed by atoms with Gasteiger partial charge < -0.3 is 5.32 Å². The zero-order valence-electron chi connectivity index (χ0n) is 13.6. The van der Waals surface area contributed by atoms with Gasteiger partial charge in [0.2, 0.25) is 0 Å². The number of aryl methyl sites for hydroxylation is 1. The first-order valence-corrected chi connectivity index (χ1v) is 7.74. The average Bonchev–Trinajstić information content (AvgIpc) is 2.57. The number of aromatic nitrogens is 3. The van der Waals surface area contributed by atoms with Gasteiger partial charge in [-0.25, -0.2) is 9.97 Å². The maximum Gasteiger partial charge on any atom is 0.163 e. The van der Waals surface area contributed by atoms with Crippen molar-refractivity contribution < 1.29 is 0 Å². The average molecular weight is 304 g/mol. The molecule has 0 spiro atoms. The molecule has 0 aliphatic rings. The van der Waals surface area contributed by atoms with E-state index in [1.54, 1.807) is 18.6 Å². The van der Waals surface area contributed by atoms with Crippen molar-refractivity contribution in [2.75, 3.05) is 5.32 Å². The molecule has 4 nitrogen and oxygen atoms in total. The highest BCUT2D eigenvalue weighted by atomic mass is 15.0. The van der Waals surface area contributed by atoms with Crippen molar-refractivity contribution >= 4 is 11.5 Å². The molecule has 2 heterocycles. The van der Waals surface area contributed by atoms with Gasteiger partial charge in [-0.2, -0.15) is 0 Å². The van der Waals surface area contributed by atoms with E-state index in [0.717, 1.165) is 17.1 Å². The molecular weight excluding hydrogens is 284 g/mol. The van der Waals surface area contributed by atoms with Crippen LogP contribution in [-0.4, -0.2) is 15.0 Å². The summed E-state index contributed by atoms with van der Waals surface area (Å²) in [7, 11) is 0. The van der Waals surface area contributed by atoms with Gasteiger partial charge in [0.1, 0.15) is 5.82 Å². The standard InChI is InChI=1S/C19H20N4/c1-13(2)15-6-7-17(14(3)11-15)22-18-8-10-21-19(23-18)16-5-4-9-20-12-16/h4-13H,1-3H3,(H,21,22,23). The fourth-order valence-electron chi connectivity index (χ4n) is 2.39. The van der Waals surface area contributed by atoms with Crippen LogP contribution in [0.15, 0.2) is 55.0 Å². The molecule has 0 atom stereocenters. The lowest BCUT2D eigenvalue weighted by Gasteiger charge is -2.12. The number of benzene rings is 1. The Morgan fingerprint density at radius 1 is 1.04 bits per heavy atom. The van der Waals surface area contributed by atoms with Gasteiger partial charge in [-0.15, -0.1) is 0 Å². The van der Waals surface area contributed by atoms with Crippen LogP contribution in [0.25, 0.3) is 11.4 Å². The van der Waals surface area contributed by atoms with Crippen LogP contribution in [0.5, 0.6) is 0 Å². The third kappa shape index (κ3) is 3.54. The van der Waals surface area contributed by atoms with E-state index >= 15 is 0 Å². The van der Waals surface area contributed by atoms with E-state index in [2.05, 4.69) is 59.2 Å². The summed E-state index contributed by atoms with van der Waals surface area (Å²) in [4.78, 5) is 13.0. The number of nitrogens with zero attached hydrogens (tertiary/aromatic N) is 3. The van der Waals surface area contributed by atoms with E-state index in [9.17, 15) is 0 Å². The molecule has 0 radical (unpaired) electrons. The summed E-state index contributed by atoms with van der Waals surface area (Å²) in [6.45, 7) is 6.51. The molecule has 0 aliphatic heterocycles. The van der Waals surface area contributed by atoms with Gasteiger partial charge in [0.25, 0.3) is 0 Å². The van der Waals surface area contributed by atoms with Crippen molar-refractivity contribution in [1.82, 2.24) is 15.0 Å². The smallest absolute Gasteiger partial charge is 0.163 e. The summed E-state index contributed by atoms with van der Waals surface area (Å²) >= 11 is 0. The molecule has 116 valence electrons. The quantitative estimate of drug-likeness (QED) is 0.758. The van der Waals surface area contributed by atoms with Crippen LogP contribution in [0.4, 0.5) is 11.5 Å². The number of anilines is 2. The second kappa shape index (κ2) is 6.57. The molecule has 1 N–H and O–H groups in total. The molecule has 3 rings (SSSR count). The van der Waals surface area contributed by atoms with Crippen LogP contribution < -0.4 is 5.32 Å².